The number of aromatic amines is 2. The Balaban J connectivity index is 1.04. The number of anilines is 1. The molecule has 3 N–H and O–H groups in total. The van der Waals surface area contributed by atoms with Crippen molar-refractivity contribution in [3.8, 4) is 11.3 Å². The number of nitrogens with one attached hydrogen (secondary N) is 3. The number of rotatable bonds is 7. The molecule has 236 valence electrons. The molecule has 12 heteroatoms. The summed E-state index contributed by atoms with van der Waals surface area (Å²) in [5.41, 5.74) is 2.33. The molecule has 6 aromatic rings. The fraction of sp³-hybridized carbons (Fsp3) is 0.229. The zero-order chi connectivity index (χ0) is 32.1. The van der Waals surface area contributed by atoms with Gasteiger partial charge in [-0.15, -0.1) is 0 Å². The summed E-state index contributed by atoms with van der Waals surface area (Å²) in [6.45, 7) is 1.64. The lowest BCUT2D eigenvalue weighted by atomic mass is 9.90. The summed E-state index contributed by atoms with van der Waals surface area (Å²) in [5.74, 6) is -0.0726. The lowest BCUT2D eigenvalue weighted by Crippen LogP contribution is -2.36. The van der Waals surface area contributed by atoms with Gasteiger partial charge in [0.25, 0.3) is 5.56 Å². The van der Waals surface area contributed by atoms with Crippen molar-refractivity contribution in [1.29, 1.82) is 0 Å². The fourth-order valence-corrected chi connectivity index (χ4v) is 7.39. The number of piperidine rings is 1. The van der Waals surface area contributed by atoms with Gasteiger partial charge in [-0.2, -0.15) is 5.10 Å². The molecule has 47 heavy (non-hydrogen) atoms. The van der Waals surface area contributed by atoms with E-state index in [1.807, 2.05) is 36.4 Å². The molecule has 2 fully saturated rings. The number of amides is 1. The molecule has 0 unspecified atom stereocenters. The minimum absolute atomic E-state index is 0.0399. The maximum Gasteiger partial charge on any atom is 0.407 e. The highest BCUT2D eigenvalue weighted by molar-refractivity contribution is 6.01. The van der Waals surface area contributed by atoms with Crippen LogP contribution in [0, 0.1) is 23.5 Å². The molecule has 0 bridgehead atoms. The highest BCUT2D eigenvalue weighted by Gasteiger charge is 2.67. The minimum atomic E-state index is -0.614. The number of alkyl carbamates (subject to hydrolysis) is 1. The molecule has 3 aromatic heterocycles. The van der Waals surface area contributed by atoms with Gasteiger partial charge in [-0.05, 0) is 53.6 Å². The van der Waals surface area contributed by atoms with Crippen molar-refractivity contribution in [2.24, 2.45) is 11.8 Å². The molecule has 3 aromatic carbocycles. The smallest absolute Gasteiger partial charge is 0.407 e. The second-order valence-corrected chi connectivity index (χ2v) is 12.1. The minimum Gasteiger partial charge on any atom is -0.445 e. The van der Waals surface area contributed by atoms with Crippen molar-refractivity contribution in [1.82, 2.24) is 30.5 Å². The van der Waals surface area contributed by atoms with E-state index < -0.39 is 22.9 Å². The normalized spacial score (nSPS) is 20.3. The molecule has 1 saturated carbocycles. The van der Waals surface area contributed by atoms with Crippen LogP contribution in [0.15, 0.2) is 90.0 Å². The van der Waals surface area contributed by atoms with Gasteiger partial charge in [-0.3, -0.25) is 9.89 Å². The molecule has 0 spiro atoms. The second kappa shape index (κ2) is 11.3. The molecular weight excluding hydrogens is 604 g/mol. The summed E-state index contributed by atoms with van der Waals surface area (Å²) >= 11 is 0. The van der Waals surface area contributed by atoms with Crippen LogP contribution in [0.3, 0.4) is 0 Å². The Bertz CT molecular complexity index is 2210. The zero-order valence-electron chi connectivity index (χ0n) is 25.0. The molecule has 4 heterocycles. The first kappa shape index (κ1) is 28.8. The SMILES string of the molecule is O=C(NC[C@]1(c2ccccc2F)[C@@H]2CCN(c3cnc4c(-c5ccc(F)c6c(=O)[nH]ccc56)[nH]nc4n3)C[C@@H]21)OCc1ccccc1. The maximum atomic E-state index is 15.3. The number of benzene rings is 3. The van der Waals surface area contributed by atoms with Gasteiger partial charge in [-0.1, -0.05) is 48.5 Å². The van der Waals surface area contributed by atoms with Gasteiger partial charge < -0.3 is 19.9 Å². The molecular formula is C35H29F2N7O3. The first-order valence-corrected chi connectivity index (χ1v) is 15.4. The predicted molar refractivity (Wildman–Crippen MR) is 172 cm³/mol. The maximum absolute atomic E-state index is 15.3. The summed E-state index contributed by atoms with van der Waals surface area (Å²) in [7, 11) is 0. The summed E-state index contributed by atoms with van der Waals surface area (Å²) in [5, 5.41) is 10.7. The van der Waals surface area contributed by atoms with E-state index in [0.717, 1.165) is 12.0 Å². The molecule has 0 radical (unpaired) electrons. The number of hydrogen-bond acceptors (Lipinski definition) is 7. The third kappa shape index (κ3) is 4.87. The van der Waals surface area contributed by atoms with E-state index >= 15 is 4.39 Å². The monoisotopic (exact) mass is 633 g/mol. The second-order valence-electron chi connectivity index (χ2n) is 12.1. The van der Waals surface area contributed by atoms with E-state index in [2.05, 4.69) is 30.4 Å². The van der Waals surface area contributed by atoms with Crippen molar-refractivity contribution >= 4 is 33.8 Å². The van der Waals surface area contributed by atoms with Crippen LogP contribution < -0.4 is 15.8 Å². The summed E-state index contributed by atoms with van der Waals surface area (Å²) < 4.78 is 35.3. The predicted octanol–water partition coefficient (Wildman–Crippen LogP) is 5.46. The highest BCUT2D eigenvalue weighted by Crippen LogP contribution is 2.63. The largest absolute Gasteiger partial charge is 0.445 e. The van der Waals surface area contributed by atoms with Gasteiger partial charge in [0.05, 0.1) is 17.3 Å². The Labute approximate surface area is 266 Å². The Morgan fingerprint density at radius 3 is 2.70 bits per heavy atom. The Hall–Kier alpha value is -5.65. The molecule has 1 aliphatic carbocycles. The number of ether oxygens (including phenoxy) is 1. The van der Waals surface area contributed by atoms with E-state index in [1.54, 1.807) is 30.5 Å². The molecule has 1 amide bonds. The molecule has 1 saturated heterocycles. The van der Waals surface area contributed by atoms with Gasteiger partial charge in [0.15, 0.2) is 0 Å². The molecule has 2 aliphatic rings. The van der Waals surface area contributed by atoms with Crippen LogP contribution in [0.4, 0.5) is 19.4 Å². The van der Waals surface area contributed by atoms with Crippen molar-refractivity contribution in [2.75, 3.05) is 24.5 Å². The van der Waals surface area contributed by atoms with Gasteiger partial charge in [0.1, 0.15) is 29.6 Å². The van der Waals surface area contributed by atoms with Crippen LogP contribution in [0.25, 0.3) is 33.2 Å². The third-order valence-electron chi connectivity index (χ3n) is 9.67. The number of H-pyrrole nitrogens is 2. The van der Waals surface area contributed by atoms with E-state index in [1.165, 1.54) is 18.3 Å². The quantitative estimate of drug-likeness (QED) is 0.213. The van der Waals surface area contributed by atoms with E-state index in [-0.39, 0.29) is 36.2 Å². The number of hydrogen-bond donors (Lipinski definition) is 3. The number of aromatic nitrogens is 5. The number of nitrogens with zero attached hydrogens (tertiary/aromatic N) is 4. The molecule has 10 nitrogen and oxygen atoms in total. The van der Waals surface area contributed by atoms with Crippen molar-refractivity contribution in [2.45, 2.75) is 18.4 Å². The average Bonchev–Trinajstić information content (AvgIpc) is 3.54. The standard InChI is InChI=1S/C35H29F2N7O3/c36-26-9-5-4-8-24(26)35(19-40-34(46)47-18-20-6-2-1-3-7-20)23-13-15-44(17-25(23)35)28-16-39-31-30(42-43-32(31)41-28)22-10-11-27(37)29-21(22)12-14-38-33(29)45/h1-12,14,16,23,25H,13,15,17-19H2,(H,38,45)(H,40,46)(H,41,42,43)/t23-,25+,35-/m1/s1. The topological polar surface area (TPSA) is 129 Å². The van der Waals surface area contributed by atoms with Gasteiger partial charge >= 0.3 is 6.09 Å². The van der Waals surface area contributed by atoms with Crippen LogP contribution in [0.1, 0.15) is 17.5 Å². The van der Waals surface area contributed by atoms with Gasteiger partial charge in [0, 0.05) is 42.2 Å². The van der Waals surface area contributed by atoms with E-state index in [0.29, 0.717) is 52.3 Å². The summed E-state index contributed by atoms with van der Waals surface area (Å²) in [4.78, 5) is 39.2. The van der Waals surface area contributed by atoms with Crippen molar-refractivity contribution in [3.05, 3.63) is 118 Å². The Kier molecular flexibility index (Phi) is 6.93. The average molecular weight is 634 g/mol. The zero-order valence-corrected chi connectivity index (χ0v) is 25.0. The number of carbonyl (C=O) groups excluding carboxylic acids is 1. The van der Waals surface area contributed by atoms with Gasteiger partial charge in [-0.25, -0.2) is 23.5 Å². The third-order valence-corrected chi connectivity index (χ3v) is 9.67. The molecule has 8 rings (SSSR count). The van der Waals surface area contributed by atoms with E-state index in [4.69, 9.17) is 9.72 Å². The van der Waals surface area contributed by atoms with Gasteiger partial charge in [0.2, 0.25) is 5.65 Å². The Morgan fingerprint density at radius 2 is 1.85 bits per heavy atom. The van der Waals surface area contributed by atoms with Crippen molar-refractivity contribution < 1.29 is 18.3 Å². The van der Waals surface area contributed by atoms with Crippen molar-refractivity contribution in [3.63, 3.8) is 0 Å². The lowest BCUT2D eigenvalue weighted by molar-refractivity contribution is 0.138. The highest BCUT2D eigenvalue weighted by atomic mass is 19.1. The van der Waals surface area contributed by atoms with Crippen LogP contribution in [0.2, 0.25) is 0 Å². The summed E-state index contributed by atoms with van der Waals surface area (Å²) in [6.07, 6.45) is 3.37. The van der Waals surface area contributed by atoms with Crippen LogP contribution in [-0.4, -0.2) is 50.9 Å². The van der Waals surface area contributed by atoms with Crippen LogP contribution >= 0.6 is 0 Å². The molecule has 1 aliphatic heterocycles. The Morgan fingerprint density at radius 1 is 1.02 bits per heavy atom. The summed E-state index contributed by atoms with van der Waals surface area (Å²) in [6, 6.07) is 20.7. The van der Waals surface area contributed by atoms with E-state index in [9.17, 15) is 14.0 Å². The van der Waals surface area contributed by atoms with Crippen LogP contribution in [-0.2, 0) is 16.8 Å². The number of halogens is 2. The van der Waals surface area contributed by atoms with Crippen LogP contribution in [0.5, 0.6) is 0 Å². The fourth-order valence-electron chi connectivity index (χ4n) is 7.39. The number of pyridine rings is 1. The lowest BCUT2D eigenvalue weighted by Gasteiger charge is -2.26. The first-order valence-electron chi connectivity index (χ1n) is 15.4. The first-order chi connectivity index (χ1) is 22.9. The number of carbonyl (C=O) groups is 1. The number of fused-ring (bicyclic) bond motifs is 3. The molecule has 3 atom stereocenters.